The molecule has 4 heteroatoms. The van der Waals surface area contributed by atoms with Crippen LogP contribution in [0.3, 0.4) is 0 Å². The molecule has 0 bridgehead atoms. The molecule has 0 unspecified atom stereocenters. The van der Waals surface area contributed by atoms with Crippen molar-refractivity contribution in [2.45, 2.75) is 6.42 Å². The van der Waals surface area contributed by atoms with Crippen LogP contribution in [0.5, 0.6) is 11.5 Å². The van der Waals surface area contributed by atoms with E-state index >= 15 is 0 Å². The van der Waals surface area contributed by atoms with Crippen molar-refractivity contribution >= 4 is 11.9 Å². The first-order chi connectivity index (χ1) is 7.26. The second-order valence-electron chi connectivity index (χ2n) is 3.10. The first-order valence-corrected chi connectivity index (χ1v) is 4.38. The Morgan fingerprint density at radius 2 is 2.27 bits per heavy atom. The maximum absolute atomic E-state index is 11.3. The highest BCUT2D eigenvalue weighted by Gasteiger charge is 2.25. The second kappa shape index (κ2) is 3.59. The number of rotatable bonds is 1. The van der Waals surface area contributed by atoms with Gasteiger partial charge in [0.25, 0.3) is 0 Å². The minimum Gasteiger partial charge on any atom is -0.493 e. The summed E-state index contributed by atoms with van der Waals surface area (Å²) in [5, 5.41) is 0. The van der Waals surface area contributed by atoms with Gasteiger partial charge in [-0.3, -0.25) is 0 Å². The number of methoxy groups -OCH3 is 1. The summed E-state index contributed by atoms with van der Waals surface area (Å²) in [6, 6.07) is 5.25. The number of carbonyl (C=O) groups excluding carboxylic acids is 2. The van der Waals surface area contributed by atoms with E-state index in [4.69, 9.17) is 9.47 Å². The monoisotopic (exact) mass is 204 g/mol. The maximum atomic E-state index is 11.3. The zero-order valence-electron chi connectivity index (χ0n) is 8.07. The van der Waals surface area contributed by atoms with Gasteiger partial charge in [-0.2, -0.15) is 0 Å². The Morgan fingerprint density at radius 3 is 2.93 bits per heavy atom. The molecule has 0 N–H and O–H groups in total. The highest BCUT2D eigenvalue weighted by molar-refractivity contribution is 6.00. The standard InChI is InChI=1S/C11H8O4/c1-14-9-4-2-3-7-5-8(6-12)11(13)15-10(7)9/h2-4H,5H2,1H3. The Labute approximate surface area is 86.1 Å². The molecular weight excluding hydrogens is 196 g/mol. The fourth-order valence-electron chi connectivity index (χ4n) is 1.47. The van der Waals surface area contributed by atoms with Crippen molar-refractivity contribution in [2.75, 3.05) is 7.11 Å². The topological polar surface area (TPSA) is 52.6 Å². The van der Waals surface area contributed by atoms with Gasteiger partial charge in [-0.05, 0) is 6.07 Å². The maximum Gasteiger partial charge on any atom is 0.351 e. The smallest absolute Gasteiger partial charge is 0.351 e. The lowest BCUT2D eigenvalue weighted by molar-refractivity contribution is -0.130. The zero-order valence-corrected chi connectivity index (χ0v) is 8.07. The van der Waals surface area contributed by atoms with Crippen LogP contribution >= 0.6 is 0 Å². The molecule has 0 amide bonds. The third-order valence-electron chi connectivity index (χ3n) is 2.21. The molecule has 4 nitrogen and oxygen atoms in total. The number of hydrogen-bond donors (Lipinski definition) is 0. The Morgan fingerprint density at radius 1 is 1.47 bits per heavy atom. The third kappa shape index (κ3) is 1.51. The van der Waals surface area contributed by atoms with Crippen LogP contribution < -0.4 is 9.47 Å². The van der Waals surface area contributed by atoms with Crippen molar-refractivity contribution in [2.24, 2.45) is 0 Å². The van der Waals surface area contributed by atoms with Gasteiger partial charge in [0.2, 0.25) is 0 Å². The average Bonchev–Trinajstić information content (AvgIpc) is 2.27. The fraction of sp³-hybridized carbons (Fsp3) is 0.182. The summed E-state index contributed by atoms with van der Waals surface area (Å²) < 4.78 is 10.0. The van der Waals surface area contributed by atoms with E-state index < -0.39 is 5.97 Å². The van der Waals surface area contributed by atoms with E-state index in [0.717, 1.165) is 5.56 Å². The molecule has 0 aromatic heterocycles. The minimum absolute atomic E-state index is 0.00996. The SMILES string of the molecule is COc1cccc2c1OC(=O)C(=C=O)C2. The molecule has 0 spiro atoms. The number of fused-ring (bicyclic) bond motifs is 1. The molecule has 1 aromatic rings. The van der Waals surface area contributed by atoms with Crippen LogP contribution in [0, 0.1) is 0 Å². The van der Waals surface area contributed by atoms with Crippen molar-refractivity contribution in [1.82, 2.24) is 0 Å². The summed E-state index contributed by atoms with van der Waals surface area (Å²) in [5.41, 5.74) is 0.767. The molecule has 0 atom stereocenters. The summed E-state index contributed by atoms with van der Waals surface area (Å²) in [6.45, 7) is 0. The number of carbonyl (C=O) groups is 1. The quantitative estimate of drug-likeness (QED) is 0.295. The number of ether oxygens (including phenoxy) is 2. The van der Waals surface area contributed by atoms with Gasteiger partial charge >= 0.3 is 5.97 Å². The van der Waals surface area contributed by atoms with Crippen LogP contribution in [0.1, 0.15) is 5.56 Å². The van der Waals surface area contributed by atoms with Gasteiger partial charge in [-0.25, -0.2) is 9.59 Å². The molecule has 1 aliphatic heterocycles. The molecule has 0 saturated heterocycles. The Hall–Kier alpha value is -2.06. The molecule has 1 aromatic carbocycles. The van der Waals surface area contributed by atoms with Crippen LogP contribution in [-0.4, -0.2) is 19.0 Å². The van der Waals surface area contributed by atoms with Crippen molar-refractivity contribution in [3.05, 3.63) is 29.3 Å². The average molecular weight is 204 g/mol. The molecule has 2 rings (SSSR count). The van der Waals surface area contributed by atoms with Gasteiger partial charge in [0.15, 0.2) is 11.5 Å². The minimum atomic E-state index is -0.651. The van der Waals surface area contributed by atoms with Gasteiger partial charge in [-0.15, -0.1) is 0 Å². The molecule has 76 valence electrons. The van der Waals surface area contributed by atoms with Gasteiger partial charge in [-0.1, -0.05) is 12.1 Å². The van der Waals surface area contributed by atoms with Crippen molar-refractivity contribution in [1.29, 1.82) is 0 Å². The van der Waals surface area contributed by atoms with Crippen LogP contribution in [0.15, 0.2) is 23.8 Å². The first kappa shape index (κ1) is 9.49. The summed E-state index contributed by atoms with van der Waals surface area (Å²) in [5.74, 6) is 1.82. The lowest BCUT2D eigenvalue weighted by atomic mass is 10.0. The van der Waals surface area contributed by atoms with Crippen LogP contribution in [0.25, 0.3) is 0 Å². The number of esters is 1. The molecule has 15 heavy (non-hydrogen) atoms. The normalized spacial score (nSPS) is 13.9. The first-order valence-electron chi connectivity index (χ1n) is 4.38. The predicted octanol–water partition coefficient (Wildman–Crippen LogP) is 0.915. The largest absolute Gasteiger partial charge is 0.493 e. The van der Waals surface area contributed by atoms with E-state index in [0.29, 0.717) is 11.5 Å². The van der Waals surface area contributed by atoms with Gasteiger partial charge < -0.3 is 9.47 Å². The lowest BCUT2D eigenvalue weighted by Gasteiger charge is -2.17. The van der Waals surface area contributed by atoms with Crippen molar-refractivity contribution in [3.8, 4) is 11.5 Å². The highest BCUT2D eigenvalue weighted by Crippen LogP contribution is 2.35. The predicted molar refractivity (Wildman–Crippen MR) is 51.5 cm³/mol. The molecule has 0 radical (unpaired) electrons. The van der Waals surface area contributed by atoms with Crippen LogP contribution in [0.2, 0.25) is 0 Å². The van der Waals surface area contributed by atoms with Crippen LogP contribution in [0.4, 0.5) is 0 Å². The summed E-state index contributed by atoms with van der Waals surface area (Å²) in [4.78, 5) is 21.7. The molecule has 1 heterocycles. The zero-order chi connectivity index (χ0) is 10.8. The van der Waals surface area contributed by atoms with Gasteiger partial charge in [0.05, 0.1) is 7.11 Å². The van der Waals surface area contributed by atoms with E-state index in [2.05, 4.69) is 0 Å². The molecule has 1 aliphatic rings. The van der Waals surface area contributed by atoms with E-state index in [9.17, 15) is 9.59 Å². The summed E-state index contributed by atoms with van der Waals surface area (Å²) in [7, 11) is 1.49. The van der Waals surface area contributed by atoms with Crippen LogP contribution in [-0.2, 0) is 16.0 Å². The number of hydrogen-bond acceptors (Lipinski definition) is 4. The Bertz CT molecular complexity index is 469. The molecule has 0 aliphatic carbocycles. The molecular formula is C11H8O4. The van der Waals surface area contributed by atoms with Gasteiger partial charge in [0, 0.05) is 12.0 Å². The molecule has 0 fully saturated rings. The lowest BCUT2D eigenvalue weighted by Crippen LogP contribution is -2.20. The van der Waals surface area contributed by atoms with E-state index in [-0.39, 0.29) is 12.0 Å². The van der Waals surface area contributed by atoms with Gasteiger partial charge in [0.1, 0.15) is 11.5 Å². The Kier molecular flexibility index (Phi) is 2.27. The van der Waals surface area contributed by atoms with E-state index in [1.807, 2.05) is 0 Å². The highest BCUT2D eigenvalue weighted by atomic mass is 16.6. The third-order valence-corrected chi connectivity index (χ3v) is 2.21. The van der Waals surface area contributed by atoms with E-state index in [1.165, 1.54) is 7.11 Å². The Balaban J connectivity index is 2.53. The number of benzene rings is 1. The summed E-state index contributed by atoms with van der Waals surface area (Å²) in [6.07, 6.45) is 0.245. The van der Waals surface area contributed by atoms with E-state index in [1.54, 1.807) is 24.1 Å². The second-order valence-corrected chi connectivity index (χ2v) is 3.10. The molecule has 0 saturated carbocycles. The number of para-hydroxylation sites is 1. The fourth-order valence-corrected chi connectivity index (χ4v) is 1.47. The van der Waals surface area contributed by atoms with Crippen molar-refractivity contribution in [3.63, 3.8) is 0 Å². The summed E-state index contributed by atoms with van der Waals surface area (Å²) >= 11 is 0. The van der Waals surface area contributed by atoms with Crippen molar-refractivity contribution < 1.29 is 19.1 Å².